The molecule has 0 radical (unpaired) electrons. The number of benzene rings is 2. The minimum atomic E-state index is -0.656. The van der Waals surface area contributed by atoms with Crippen molar-refractivity contribution in [2.75, 3.05) is 0 Å². The molecule has 0 atom stereocenters. The van der Waals surface area contributed by atoms with Gasteiger partial charge in [-0.1, -0.05) is 24.3 Å². The molecule has 1 heterocycles. The summed E-state index contributed by atoms with van der Waals surface area (Å²) in [5.74, 6) is 0.0243. The Bertz CT molecular complexity index is 989. The molecule has 0 spiro atoms. The van der Waals surface area contributed by atoms with Crippen LogP contribution in [0.3, 0.4) is 0 Å². The Morgan fingerprint density at radius 3 is 2.59 bits per heavy atom. The summed E-state index contributed by atoms with van der Waals surface area (Å²) in [7, 11) is 0. The smallest absolute Gasteiger partial charge is 0.311 e. The molecule has 0 saturated carbocycles. The van der Waals surface area contributed by atoms with Crippen LogP contribution in [0.15, 0.2) is 83.0 Å². The van der Waals surface area contributed by atoms with Crippen molar-refractivity contribution in [3.8, 4) is 5.75 Å². The third kappa shape index (κ3) is 4.73. The SMILES string of the molecule is O=[N+]([O-])c1cc(/C=N\NC(=Nc2ccccc2)c2ccccn2)ccc1O. The number of aromatic nitrogens is 1. The van der Waals surface area contributed by atoms with E-state index in [1.54, 1.807) is 18.3 Å². The molecule has 1 aromatic heterocycles. The number of aromatic hydroxyl groups is 1. The first-order chi connectivity index (χ1) is 13.1. The number of phenolic OH excluding ortho intramolecular Hbond substituents is 1. The first-order valence-electron chi connectivity index (χ1n) is 7.95. The molecule has 8 nitrogen and oxygen atoms in total. The molecule has 134 valence electrons. The number of nitro groups is 1. The van der Waals surface area contributed by atoms with Crippen LogP contribution in [0, 0.1) is 10.1 Å². The number of amidine groups is 1. The summed E-state index contributed by atoms with van der Waals surface area (Å²) in [4.78, 5) is 19.0. The molecule has 3 aromatic rings. The number of hydrogen-bond donors (Lipinski definition) is 2. The van der Waals surface area contributed by atoms with E-state index in [1.165, 1.54) is 24.4 Å². The highest BCUT2D eigenvalue weighted by molar-refractivity contribution is 5.99. The van der Waals surface area contributed by atoms with E-state index in [0.29, 0.717) is 17.1 Å². The number of phenols is 1. The highest BCUT2D eigenvalue weighted by Gasteiger charge is 2.12. The van der Waals surface area contributed by atoms with Crippen LogP contribution < -0.4 is 5.43 Å². The number of hydrogen-bond acceptors (Lipinski definition) is 6. The maximum Gasteiger partial charge on any atom is 0.311 e. The Labute approximate surface area is 154 Å². The molecule has 0 aliphatic carbocycles. The summed E-state index contributed by atoms with van der Waals surface area (Å²) in [5.41, 5.74) is 4.20. The molecular weight excluding hydrogens is 346 g/mol. The van der Waals surface area contributed by atoms with Crippen LogP contribution in [-0.2, 0) is 0 Å². The van der Waals surface area contributed by atoms with Gasteiger partial charge in [0.05, 0.1) is 16.8 Å². The molecule has 0 fully saturated rings. The van der Waals surface area contributed by atoms with Crippen LogP contribution in [-0.4, -0.2) is 27.1 Å². The van der Waals surface area contributed by atoms with Crippen molar-refractivity contribution in [3.63, 3.8) is 0 Å². The third-order valence-electron chi connectivity index (χ3n) is 3.48. The van der Waals surface area contributed by atoms with Crippen LogP contribution in [0.1, 0.15) is 11.3 Å². The number of aliphatic imine (C=N–C) groups is 1. The van der Waals surface area contributed by atoms with Crippen molar-refractivity contribution >= 4 is 23.4 Å². The van der Waals surface area contributed by atoms with Crippen LogP contribution in [0.25, 0.3) is 0 Å². The van der Waals surface area contributed by atoms with Gasteiger partial charge < -0.3 is 5.11 Å². The van der Waals surface area contributed by atoms with Crippen molar-refractivity contribution < 1.29 is 10.0 Å². The molecule has 0 bridgehead atoms. The number of para-hydroxylation sites is 1. The van der Waals surface area contributed by atoms with Gasteiger partial charge in [0, 0.05) is 17.8 Å². The fraction of sp³-hybridized carbons (Fsp3) is 0. The lowest BCUT2D eigenvalue weighted by atomic mass is 10.2. The fourth-order valence-electron chi connectivity index (χ4n) is 2.21. The number of nitrogens with zero attached hydrogens (tertiary/aromatic N) is 4. The summed E-state index contributed by atoms with van der Waals surface area (Å²) in [6.45, 7) is 0. The maximum atomic E-state index is 10.9. The van der Waals surface area contributed by atoms with Gasteiger partial charge in [0.2, 0.25) is 0 Å². The van der Waals surface area contributed by atoms with Gasteiger partial charge in [-0.05, 0) is 36.4 Å². The predicted octanol–water partition coefficient (Wildman–Crippen LogP) is 3.40. The molecule has 0 aliphatic heterocycles. The normalized spacial score (nSPS) is 11.5. The zero-order valence-corrected chi connectivity index (χ0v) is 14.1. The second-order valence-corrected chi connectivity index (χ2v) is 5.39. The molecule has 2 N–H and O–H groups in total. The van der Waals surface area contributed by atoms with Crippen LogP contribution in [0.2, 0.25) is 0 Å². The second kappa shape index (κ2) is 8.34. The monoisotopic (exact) mass is 361 g/mol. The zero-order valence-electron chi connectivity index (χ0n) is 14.1. The average Bonchev–Trinajstić information content (AvgIpc) is 2.69. The predicted molar refractivity (Wildman–Crippen MR) is 102 cm³/mol. The van der Waals surface area contributed by atoms with Gasteiger partial charge in [-0.3, -0.25) is 20.5 Å². The standard InChI is InChI=1S/C19H15N5O3/c25-18-10-9-14(12-17(18)24(26)27)13-21-23-19(16-8-4-5-11-20-16)22-15-6-2-1-3-7-15/h1-13,25H,(H,22,23)/b21-13-. The van der Waals surface area contributed by atoms with Crippen molar-refractivity contribution in [1.29, 1.82) is 0 Å². The van der Waals surface area contributed by atoms with Gasteiger partial charge in [-0.15, -0.1) is 0 Å². The molecule has 8 heteroatoms. The van der Waals surface area contributed by atoms with Gasteiger partial charge in [0.25, 0.3) is 0 Å². The molecule has 0 saturated heterocycles. The van der Waals surface area contributed by atoms with Crippen molar-refractivity contribution in [1.82, 2.24) is 10.4 Å². The van der Waals surface area contributed by atoms with E-state index >= 15 is 0 Å². The van der Waals surface area contributed by atoms with Crippen molar-refractivity contribution in [3.05, 3.63) is 94.3 Å². The minimum absolute atomic E-state index is 0.387. The van der Waals surface area contributed by atoms with Gasteiger partial charge in [-0.2, -0.15) is 5.10 Å². The van der Waals surface area contributed by atoms with Gasteiger partial charge in [0.15, 0.2) is 11.6 Å². The second-order valence-electron chi connectivity index (χ2n) is 5.39. The Morgan fingerprint density at radius 2 is 1.89 bits per heavy atom. The van der Waals surface area contributed by atoms with E-state index in [2.05, 4.69) is 20.5 Å². The lowest BCUT2D eigenvalue weighted by Gasteiger charge is -2.05. The molecule has 0 aliphatic rings. The molecule has 3 rings (SSSR count). The Hall–Kier alpha value is -4.07. The number of pyridine rings is 1. The summed E-state index contributed by atoms with van der Waals surface area (Å²) < 4.78 is 0. The highest BCUT2D eigenvalue weighted by Crippen LogP contribution is 2.25. The first kappa shape index (κ1) is 17.7. The number of nitro benzene ring substituents is 1. The molecule has 2 aromatic carbocycles. The lowest BCUT2D eigenvalue weighted by molar-refractivity contribution is -0.385. The quantitative estimate of drug-likeness (QED) is 0.313. The van der Waals surface area contributed by atoms with Crippen molar-refractivity contribution in [2.24, 2.45) is 10.1 Å². The summed E-state index contributed by atoms with van der Waals surface area (Å²) in [5, 5.41) is 24.5. The third-order valence-corrected chi connectivity index (χ3v) is 3.48. The minimum Gasteiger partial charge on any atom is -0.502 e. The largest absolute Gasteiger partial charge is 0.502 e. The first-order valence-corrected chi connectivity index (χ1v) is 7.95. The van der Waals surface area contributed by atoms with Gasteiger partial charge in [0.1, 0.15) is 5.69 Å². The van der Waals surface area contributed by atoms with Gasteiger partial charge in [-0.25, -0.2) is 4.99 Å². The maximum absolute atomic E-state index is 10.9. The van der Waals surface area contributed by atoms with E-state index in [9.17, 15) is 15.2 Å². The Balaban J connectivity index is 1.85. The average molecular weight is 361 g/mol. The van der Waals surface area contributed by atoms with Crippen molar-refractivity contribution in [2.45, 2.75) is 0 Å². The van der Waals surface area contributed by atoms with E-state index in [1.807, 2.05) is 36.4 Å². The molecule has 27 heavy (non-hydrogen) atoms. The molecule has 0 amide bonds. The molecule has 0 unspecified atom stereocenters. The lowest BCUT2D eigenvalue weighted by Crippen LogP contribution is -2.20. The van der Waals surface area contributed by atoms with Crippen LogP contribution in [0.4, 0.5) is 11.4 Å². The van der Waals surface area contributed by atoms with Gasteiger partial charge >= 0.3 is 5.69 Å². The zero-order chi connectivity index (χ0) is 19.1. The Morgan fingerprint density at radius 1 is 1.11 bits per heavy atom. The molecular formula is C19H15N5O3. The van der Waals surface area contributed by atoms with E-state index in [-0.39, 0.29) is 5.69 Å². The van der Waals surface area contributed by atoms with E-state index < -0.39 is 10.7 Å². The number of nitrogens with one attached hydrogen (secondary N) is 1. The summed E-state index contributed by atoms with van der Waals surface area (Å²) >= 11 is 0. The number of rotatable bonds is 5. The summed E-state index contributed by atoms with van der Waals surface area (Å²) in [6.07, 6.45) is 3.04. The number of hydrazone groups is 1. The highest BCUT2D eigenvalue weighted by atomic mass is 16.6. The van der Waals surface area contributed by atoms with E-state index in [4.69, 9.17) is 0 Å². The van der Waals surface area contributed by atoms with Crippen LogP contribution >= 0.6 is 0 Å². The van der Waals surface area contributed by atoms with Crippen LogP contribution in [0.5, 0.6) is 5.75 Å². The van der Waals surface area contributed by atoms with E-state index in [0.717, 1.165) is 5.69 Å². The summed E-state index contributed by atoms with van der Waals surface area (Å²) in [6, 6.07) is 18.7. The fourth-order valence-corrected chi connectivity index (χ4v) is 2.21. The topological polar surface area (TPSA) is 113 Å². The Kier molecular flexibility index (Phi) is 5.48.